The van der Waals surface area contributed by atoms with Crippen LogP contribution in [-0.4, -0.2) is 33.6 Å². The highest BCUT2D eigenvalue weighted by atomic mass is 16.4. The maximum Gasteiger partial charge on any atom is 0.320 e. The van der Waals surface area contributed by atoms with Crippen molar-refractivity contribution in [1.82, 2.24) is 4.57 Å². The van der Waals surface area contributed by atoms with Crippen molar-refractivity contribution in [2.24, 2.45) is 17.4 Å². The zero-order valence-corrected chi connectivity index (χ0v) is 14.1. The number of aromatic nitrogens is 1. The fourth-order valence-electron chi connectivity index (χ4n) is 2.85. The number of aryl methyl sites for hydroxylation is 1. The number of aliphatic carboxylic acids is 1. The molecule has 0 aliphatic rings. The number of hydrogen-bond donors (Lipinski definition) is 3. The molecule has 0 amide bonds. The number of nitrogens with two attached hydrogens (primary N) is 2. The van der Waals surface area contributed by atoms with Crippen LogP contribution in [0.25, 0.3) is 10.9 Å². The zero-order valence-electron chi connectivity index (χ0n) is 14.1. The van der Waals surface area contributed by atoms with Crippen molar-refractivity contribution in [3.05, 3.63) is 36.0 Å². The molecule has 0 aliphatic carbocycles. The third-order valence-electron chi connectivity index (χ3n) is 4.12. The van der Waals surface area contributed by atoms with E-state index in [0.717, 1.165) is 16.5 Å². The Morgan fingerprint density at radius 3 is 2.46 bits per heavy atom. The molecule has 6 heteroatoms. The number of benzene rings is 1. The Balaban J connectivity index is 2.31. The van der Waals surface area contributed by atoms with Gasteiger partial charge in [-0.3, -0.25) is 14.2 Å². The third kappa shape index (κ3) is 4.01. The van der Waals surface area contributed by atoms with Gasteiger partial charge in [-0.25, -0.2) is 0 Å². The number of para-hydroxylation sites is 1. The molecule has 1 aromatic heterocycles. The van der Waals surface area contributed by atoms with E-state index in [1.807, 2.05) is 38.1 Å². The molecule has 1 unspecified atom stereocenters. The summed E-state index contributed by atoms with van der Waals surface area (Å²) < 4.78 is 1.59. The predicted octanol–water partition coefficient (Wildman–Crippen LogP) is 2.00. The minimum absolute atomic E-state index is 0.145. The van der Waals surface area contributed by atoms with E-state index in [9.17, 15) is 9.59 Å². The molecule has 6 nitrogen and oxygen atoms in total. The first-order valence-corrected chi connectivity index (χ1v) is 8.18. The van der Waals surface area contributed by atoms with Crippen LogP contribution in [0.5, 0.6) is 0 Å². The Kier molecular flexibility index (Phi) is 5.75. The Labute approximate surface area is 141 Å². The van der Waals surface area contributed by atoms with Gasteiger partial charge in [0.25, 0.3) is 0 Å². The second kappa shape index (κ2) is 7.59. The van der Waals surface area contributed by atoms with Crippen molar-refractivity contribution >= 4 is 22.8 Å². The lowest BCUT2D eigenvalue weighted by molar-refractivity contribution is -0.138. The monoisotopic (exact) mass is 331 g/mol. The van der Waals surface area contributed by atoms with Crippen LogP contribution in [0.1, 0.15) is 37.0 Å². The van der Waals surface area contributed by atoms with Gasteiger partial charge in [0.1, 0.15) is 6.04 Å². The normalized spacial score (nSPS) is 14.0. The van der Waals surface area contributed by atoms with Crippen LogP contribution in [0.2, 0.25) is 0 Å². The van der Waals surface area contributed by atoms with Crippen molar-refractivity contribution in [1.29, 1.82) is 0 Å². The van der Waals surface area contributed by atoms with Crippen molar-refractivity contribution in [2.45, 2.75) is 45.2 Å². The molecule has 2 rings (SSSR count). The van der Waals surface area contributed by atoms with Crippen LogP contribution in [0.4, 0.5) is 0 Å². The van der Waals surface area contributed by atoms with Crippen LogP contribution >= 0.6 is 0 Å². The smallest absolute Gasteiger partial charge is 0.320 e. The molecule has 0 saturated heterocycles. The molecule has 0 aliphatic heterocycles. The summed E-state index contributed by atoms with van der Waals surface area (Å²) in [7, 11) is 0. The summed E-state index contributed by atoms with van der Waals surface area (Å²) in [6.45, 7) is 4.05. The fourth-order valence-corrected chi connectivity index (χ4v) is 2.85. The molecular formula is C18H25N3O3. The first-order valence-electron chi connectivity index (χ1n) is 8.18. The number of fused-ring (bicyclic) bond motifs is 1. The molecule has 5 N–H and O–H groups in total. The molecule has 0 bridgehead atoms. The highest BCUT2D eigenvalue weighted by Gasteiger charge is 2.21. The second-order valence-electron chi connectivity index (χ2n) is 6.60. The average Bonchev–Trinajstić information content (AvgIpc) is 2.90. The van der Waals surface area contributed by atoms with Crippen LogP contribution in [0.15, 0.2) is 30.5 Å². The molecule has 0 spiro atoms. The SMILES string of the molecule is CC(C)C[C@H](N)C(=O)n1cc(CCC(N)C(=O)O)c2ccccc21. The lowest BCUT2D eigenvalue weighted by atomic mass is 10.0. The maximum atomic E-state index is 12.7. The number of carbonyl (C=O) groups excluding carboxylic acids is 1. The van der Waals surface area contributed by atoms with Gasteiger partial charge in [-0.2, -0.15) is 0 Å². The molecule has 2 aromatic rings. The average molecular weight is 331 g/mol. The molecule has 1 heterocycles. The molecule has 0 saturated carbocycles. The van der Waals surface area contributed by atoms with Gasteiger partial charge in [0.15, 0.2) is 0 Å². The Bertz CT molecular complexity index is 736. The highest BCUT2D eigenvalue weighted by Crippen LogP contribution is 2.23. The quantitative estimate of drug-likeness (QED) is 0.718. The molecule has 130 valence electrons. The zero-order chi connectivity index (χ0) is 17.9. The maximum absolute atomic E-state index is 12.7. The van der Waals surface area contributed by atoms with Gasteiger partial charge in [0.2, 0.25) is 5.91 Å². The lowest BCUT2D eigenvalue weighted by Gasteiger charge is -2.14. The van der Waals surface area contributed by atoms with Crippen molar-refractivity contribution < 1.29 is 14.7 Å². The number of hydrogen-bond acceptors (Lipinski definition) is 4. The molecule has 0 radical (unpaired) electrons. The van der Waals surface area contributed by atoms with Gasteiger partial charge >= 0.3 is 5.97 Å². The fraction of sp³-hybridized carbons (Fsp3) is 0.444. The number of carboxylic acids is 1. The Morgan fingerprint density at radius 1 is 1.17 bits per heavy atom. The van der Waals surface area contributed by atoms with E-state index >= 15 is 0 Å². The van der Waals surface area contributed by atoms with Gasteiger partial charge in [0, 0.05) is 11.6 Å². The Morgan fingerprint density at radius 2 is 1.83 bits per heavy atom. The van der Waals surface area contributed by atoms with Crippen LogP contribution < -0.4 is 11.5 Å². The second-order valence-corrected chi connectivity index (χ2v) is 6.60. The van der Waals surface area contributed by atoms with E-state index in [4.69, 9.17) is 16.6 Å². The molecule has 24 heavy (non-hydrogen) atoms. The van der Waals surface area contributed by atoms with Gasteiger partial charge in [-0.1, -0.05) is 32.0 Å². The van der Waals surface area contributed by atoms with Crippen molar-refractivity contribution in [2.75, 3.05) is 0 Å². The summed E-state index contributed by atoms with van der Waals surface area (Å²) in [5.74, 6) is -0.832. The summed E-state index contributed by atoms with van der Waals surface area (Å²) >= 11 is 0. The van der Waals surface area contributed by atoms with Crippen LogP contribution in [0.3, 0.4) is 0 Å². The largest absolute Gasteiger partial charge is 0.480 e. The number of rotatable bonds is 7. The van der Waals surface area contributed by atoms with Gasteiger partial charge in [-0.15, -0.1) is 0 Å². The number of carbonyl (C=O) groups is 2. The summed E-state index contributed by atoms with van der Waals surface area (Å²) in [4.78, 5) is 23.6. The summed E-state index contributed by atoms with van der Waals surface area (Å²) in [6.07, 6.45) is 3.19. The van der Waals surface area contributed by atoms with Gasteiger partial charge < -0.3 is 16.6 Å². The summed E-state index contributed by atoms with van der Waals surface area (Å²) in [5, 5.41) is 9.85. The van der Waals surface area contributed by atoms with Crippen LogP contribution in [0, 0.1) is 5.92 Å². The molecular weight excluding hydrogens is 306 g/mol. The molecule has 2 atom stereocenters. The van der Waals surface area contributed by atoms with Crippen LogP contribution in [-0.2, 0) is 11.2 Å². The first kappa shape index (κ1) is 18.2. The highest BCUT2D eigenvalue weighted by molar-refractivity contribution is 5.96. The lowest BCUT2D eigenvalue weighted by Crippen LogP contribution is -2.35. The first-order chi connectivity index (χ1) is 11.3. The van der Waals surface area contributed by atoms with Crippen molar-refractivity contribution in [3.63, 3.8) is 0 Å². The van der Waals surface area contributed by atoms with E-state index in [1.54, 1.807) is 10.8 Å². The topological polar surface area (TPSA) is 111 Å². The van der Waals surface area contributed by atoms with E-state index in [0.29, 0.717) is 25.2 Å². The Hall–Kier alpha value is -2.18. The van der Waals surface area contributed by atoms with E-state index in [-0.39, 0.29) is 5.91 Å². The minimum Gasteiger partial charge on any atom is -0.480 e. The van der Waals surface area contributed by atoms with Crippen molar-refractivity contribution in [3.8, 4) is 0 Å². The molecule has 0 fully saturated rings. The minimum atomic E-state index is -1.02. The van der Waals surface area contributed by atoms with Gasteiger partial charge in [0.05, 0.1) is 11.6 Å². The predicted molar refractivity (Wildman–Crippen MR) is 93.9 cm³/mol. The summed E-state index contributed by atoms with van der Waals surface area (Å²) in [5.41, 5.74) is 13.3. The summed E-state index contributed by atoms with van der Waals surface area (Å²) in [6, 6.07) is 6.09. The molecule has 1 aromatic carbocycles. The standard InChI is InChI=1S/C18H25N3O3/c1-11(2)9-15(20)17(22)21-10-12(7-8-14(19)18(23)24)13-5-3-4-6-16(13)21/h3-6,10-11,14-15H,7-9,19-20H2,1-2H3,(H,23,24)/t14?,15-/m0/s1. The van der Waals surface area contributed by atoms with E-state index in [1.165, 1.54) is 0 Å². The van der Waals surface area contributed by atoms with Gasteiger partial charge in [-0.05, 0) is 36.8 Å². The number of nitrogens with zero attached hydrogens (tertiary/aromatic N) is 1. The van der Waals surface area contributed by atoms with E-state index in [2.05, 4.69) is 0 Å². The third-order valence-corrected chi connectivity index (χ3v) is 4.12. The van der Waals surface area contributed by atoms with E-state index < -0.39 is 18.1 Å². The number of carboxylic acid groups (broad SMARTS) is 1.